The summed E-state index contributed by atoms with van der Waals surface area (Å²) in [5.74, 6) is -0.329. The normalized spacial score (nSPS) is 9.95. The predicted molar refractivity (Wildman–Crippen MR) is 73.7 cm³/mol. The van der Waals surface area contributed by atoms with Crippen LogP contribution in [0.3, 0.4) is 0 Å². The third kappa shape index (κ3) is 2.87. The lowest BCUT2D eigenvalue weighted by Gasteiger charge is -2.04. The number of nitriles is 1. The van der Waals surface area contributed by atoms with Crippen molar-refractivity contribution in [2.24, 2.45) is 7.05 Å². The van der Waals surface area contributed by atoms with Gasteiger partial charge in [0.2, 0.25) is 0 Å². The van der Waals surface area contributed by atoms with E-state index >= 15 is 0 Å². The number of anilines is 1. The van der Waals surface area contributed by atoms with Crippen LogP contribution >= 0.6 is 0 Å². The zero-order chi connectivity index (χ0) is 15.6. The summed E-state index contributed by atoms with van der Waals surface area (Å²) < 4.78 is 1.41. The molecular weight excluding hydrogens is 274 g/mol. The van der Waals surface area contributed by atoms with Gasteiger partial charge in [0.1, 0.15) is 11.6 Å². The molecule has 0 atom stereocenters. The van der Waals surface area contributed by atoms with Crippen LogP contribution in [0.1, 0.15) is 21.5 Å². The second-order valence-corrected chi connectivity index (χ2v) is 4.39. The fourth-order valence-electron chi connectivity index (χ4n) is 1.84. The summed E-state index contributed by atoms with van der Waals surface area (Å²) in [6.07, 6.45) is 1.48. The molecule has 1 amide bonds. The lowest BCUT2D eigenvalue weighted by atomic mass is 10.1. The second kappa shape index (κ2) is 5.42. The Morgan fingerprint density at radius 2 is 2.24 bits per heavy atom. The van der Waals surface area contributed by atoms with E-state index in [2.05, 4.69) is 10.4 Å². The molecule has 0 radical (unpaired) electrons. The number of nitro groups is 1. The molecule has 0 aliphatic carbocycles. The minimum absolute atomic E-state index is 0.0536. The van der Waals surface area contributed by atoms with E-state index in [9.17, 15) is 14.9 Å². The Hall–Kier alpha value is -3.21. The lowest BCUT2D eigenvalue weighted by molar-refractivity contribution is -0.385. The van der Waals surface area contributed by atoms with E-state index in [1.54, 1.807) is 14.0 Å². The van der Waals surface area contributed by atoms with Gasteiger partial charge >= 0.3 is 0 Å². The molecule has 0 unspecified atom stereocenters. The summed E-state index contributed by atoms with van der Waals surface area (Å²) in [4.78, 5) is 22.3. The number of rotatable bonds is 3. The Morgan fingerprint density at radius 1 is 1.52 bits per heavy atom. The zero-order valence-corrected chi connectivity index (χ0v) is 11.3. The first kappa shape index (κ1) is 14.2. The largest absolute Gasteiger partial charge is 0.304 e. The summed E-state index contributed by atoms with van der Waals surface area (Å²) in [7, 11) is 1.63. The van der Waals surface area contributed by atoms with Gasteiger partial charge in [-0.05, 0) is 19.1 Å². The lowest BCUT2D eigenvalue weighted by Crippen LogP contribution is -2.13. The maximum Gasteiger partial charge on any atom is 0.272 e. The molecule has 21 heavy (non-hydrogen) atoms. The van der Waals surface area contributed by atoms with E-state index < -0.39 is 10.8 Å². The molecule has 0 aliphatic rings. The summed E-state index contributed by atoms with van der Waals surface area (Å²) in [5.41, 5.74) is 0.827. The molecular formula is C13H11N5O3. The van der Waals surface area contributed by atoms with Crippen LogP contribution in [-0.4, -0.2) is 20.6 Å². The van der Waals surface area contributed by atoms with E-state index in [0.717, 1.165) is 0 Å². The second-order valence-electron chi connectivity index (χ2n) is 4.39. The zero-order valence-electron chi connectivity index (χ0n) is 11.3. The first-order valence-electron chi connectivity index (χ1n) is 5.92. The van der Waals surface area contributed by atoms with Crippen molar-refractivity contribution in [3.8, 4) is 6.07 Å². The average Bonchev–Trinajstić information content (AvgIpc) is 2.78. The molecule has 1 N–H and O–H groups in total. The number of nitrogens with one attached hydrogen (secondary N) is 1. The number of nitro benzene ring substituents is 1. The SMILES string of the molecule is Cc1cc(C(=O)Nc2nn(C)cc2C#N)ccc1[N+](=O)[O-]. The molecule has 0 saturated heterocycles. The van der Waals surface area contributed by atoms with Gasteiger partial charge in [0.25, 0.3) is 11.6 Å². The Bertz CT molecular complexity index is 773. The quantitative estimate of drug-likeness (QED) is 0.681. The van der Waals surface area contributed by atoms with Crippen molar-refractivity contribution < 1.29 is 9.72 Å². The van der Waals surface area contributed by atoms with Crippen LogP contribution in [-0.2, 0) is 7.05 Å². The number of hydrogen-bond donors (Lipinski definition) is 1. The average molecular weight is 285 g/mol. The predicted octanol–water partition coefficient (Wildman–Crippen LogP) is 1.76. The van der Waals surface area contributed by atoms with Crippen LogP contribution in [0.4, 0.5) is 11.5 Å². The monoisotopic (exact) mass is 285 g/mol. The van der Waals surface area contributed by atoms with Crippen LogP contribution in [0, 0.1) is 28.4 Å². The van der Waals surface area contributed by atoms with Crippen LogP contribution in [0.2, 0.25) is 0 Å². The topological polar surface area (TPSA) is 114 Å². The van der Waals surface area contributed by atoms with E-state index in [0.29, 0.717) is 5.56 Å². The first-order chi connectivity index (χ1) is 9.92. The third-order valence-electron chi connectivity index (χ3n) is 2.84. The summed E-state index contributed by atoms with van der Waals surface area (Å²) in [5, 5.41) is 26.1. The number of aromatic nitrogens is 2. The number of aryl methyl sites for hydroxylation is 2. The summed E-state index contributed by atoms with van der Waals surface area (Å²) in [6, 6.07) is 5.97. The molecule has 0 bridgehead atoms. The number of benzene rings is 1. The van der Waals surface area contributed by atoms with Gasteiger partial charge in [-0.2, -0.15) is 10.4 Å². The highest BCUT2D eigenvalue weighted by Crippen LogP contribution is 2.20. The van der Waals surface area contributed by atoms with Crippen molar-refractivity contribution in [1.29, 1.82) is 5.26 Å². The van der Waals surface area contributed by atoms with Gasteiger partial charge in [0.15, 0.2) is 5.82 Å². The van der Waals surface area contributed by atoms with E-state index in [1.165, 1.54) is 29.1 Å². The van der Waals surface area contributed by atoms with Gasteiger partial charge in [-0.3, -0.25) is 19.6 Å². The van der Waals surface area contributed by atoms with Crippen molar-refractivity contribution in [2.75, 3.05) is 5.32 Å². The summed E-state index contributed by atoms with van der Waals surface area (Å²) >= 11 is 0. The van der Waals surface area contributed by atoms with Crippen molar-refractivity contribution in [2.45, 2.75) is 6.92 Å². The van der Waals surface area contributed by atoms with Crippen molar-refractivity contribution in [3.05, 3.63) is 51.2 Å². The molecule has 0 saturated carbocycles. The van der Waals surface area contributed by atoms with E-state index in [1.807, 2.05) is 6.07 Å². The van der Waals surface area contributed by atoms with Crippen molar-refractivity contribution in [3.63, 3.8) is 0 Å². The van der Waals surface area contributed by atoms with Crippen molar-refractivity contribution in [1.82, 2.24) is 9.78 Å². The van der Waals surface area contributed by atoms with Gasteiger partial charge < -0.3 is 5.32 Å². The van der Waals surface area contributed by atoms with Crippen LogP contribution < -0.4 is 5.32 Å². The molecule has 0 aliphatic heterocycles. The molecule has 0 spiro atoms. The Morgan fingerprint density at radius 3 is 2.81 bits per heavy atom. The van der Waals surface area contributed by atoms with Gasteiger partial charge in [0.05, 0.1) is 4.92 Å². The molecule has 106 valence electrons. The van der Waals surface area contributed by atoms with Crippen LogP contribution in [0.25, 0.3) is 0 Å². The third-order valence-corrected chi connectivity index (χ3v) is 2.84. The molecule has 8 nitrogen and oxygen atoms in total. The highest BCUT2D eigenvalue weighted by atomic mass is 16.6. The van der Waals surface area contributed by atoms with Crippen LogP contribution in [0.5, 0.6) is 0 Å². The number of carbonyl (C=O) groups is 1. The Balaban J connectivity index is 2.27. The minimum atomic E-state index is -0.510. The molecule has 1 aromatic carbocycles. The first-order valence-corrected chi connectivity index (χ1v) is 5.92. The standard InChI is InChI=1S/C13H11N5O3/c1-8-5-9(3-4-11(8)18(20)21)13(19)15-12-10(6-14)7-17(2)16-12/h3-5,7H,1-2H3,(H,15,16,19). The summed E-state index contributed by atoms with van der Waals surface area (Å²) in [6.45, 7) is 1.55. The molecule has 1 aromatic heterocycles. The number of amides is 1. The van der Waals surface area contributed by atoms with Gasteiger partial charge in [0, 0.05) is 30.4 Å². The number of nitrogens with zero attached hydrogens (tertiary/aromatic N) is 4. The van der Waals surface area contributed by atoms with E-state index in [-0.39, 0.29) is 22.6 Å². The maximum absolute atomic E-state index is 12.1. The Labute approximate surface area is 119 Å². The minimum Gasteiger partial charge on any atom is -0.304 e. The molecule has 8 heteroatoms. The number of carbonyl (C=O) groups excluding carboxylic acids is 1. The van der Waals surface area contributed by atoms with Crippen molar-refractivity contribution >= 4 is 17.4 Å². The molecule has 2 aromatic rings. The van der Waals surface area contributed by atoms with Gasteiger partial charge in [-0.25, -0.2) is 0 Å². The van der Waals surface area contributed by atoms with Gasteiger partial charge in [-0.15, -0.1) is 0 Å². The van der Waals surface area contributed by atoms with E-state index in [4.69, 9.17) is 5.26 Å². The van der Waals surface area contributed by atoms with Crippen LogP contribution in [0.15, 0.2) is 24.4 Å². The highest BCUT2D eigenvalue weighted by Gasteiger charge is 2.16. The van der Waals surface area contributed by atoms with Gasteiger partial charge in [-0.1, -0.05) is 0 Å². The highest BCUT2D eigenvalue weighted by molar-refractivity contribution is 6.04. The molecule has 1 heterocycles. The molecule has 2 rings (SSSR count). The fraction of sp³-hybridized carbons (Fsp3) is 0.154. The Kier molecular flexibility index (Phi) is 3.67. The molecule has 0 fully saturated rings. The fourth-order valence-corrected chi connectivity index (χ4v) is 1.84. The smallest absolute Gasteiger partial charge is 0.272 e. The number of hydrogen-bond acceptors (Lipinski definition) is 5. The maximum atomic E-state index is 12.1.